The van der Waals surface area contributed by atoms with Crippen LogP contribution in [0.25, 0.3) is 0 Å². The molecule has 0 spiro atoms. The van der Waals surface area contributed by atoms with Crippen molar-refractivity contribution in [3.05, 3.63) is 0 Å². The highest BCUT2D eigenvalue weighted by Crippen LogP contribution is 2.56. The molecule has 1 aliphatic carbocycles. The summed E-state index contributed by atoms with van der Waals surface area (Å²) in [6, 6.07) is 0. The van der Waals surface area contributed by atoms with Crippen molar-refractivity contribution in [1.29, 1.82) is 0 Å². The number of piperidine rings is 1. The van der Waals surface area contributed by atoms with Crippen molar-refractivity contribution < 1.29 is 0 Å². The Bertz CT molecular complexity index is 122. The normalized spacial score (nSPS) is 54.0. The SMILES string of the molecule is CN1C[C@H]2C[C@@]2(C)C1. The van der Waals surface area contributed by atoms with Crippen LogP contribution in [0.4, 0.5) is 0 Å². The highest BCUT2D eigenvalue weighted by atomic mass is 15.2. The minimum atomic E-state index is 0.759. The van der Waals surface area contributed by atoms with Crippen LogP contribution >= 0.6 is 0 Å². The van der Waals surface area contributed by atoms with Gasteiger partial charge in [0.1, 0.15) is 0 Å². The summed E-state index contributed by atoms with van der Waals surface area (Å²) < 4.78 is 0. The van der Waals surface area contributed by atoms with E-state index in [1.807, 2.05) is 0 Å². The molecular formula is C7H13N. The highest BCUT2D eigenvalue weighted by Gasteiger charge is 2.54. The Balaban J connectivity index is 2.10. The lowest BCUT2D eigenvalue weighted by Crippen LogP contribution is -2.18. The molecule has 2 fully saturated rings. The quantitative estimate of drug-likeness (QED) is 0.450. The maximum Gasteiger partial charge on any atom is 0.00356 e. The molecule has 0 aromatic rings. The second kappa shape index (κ2) is 1.10. The van der Waals surface area contributed by atoms with Crippen LogP contribution in [0.15, 0.2) is 0 Å². The van der Waals surface area contributed by atoms with Gasteiger partial charge in [0.25, 0.3) is 0 Å². The molecule has 1 saturated carbocycles. The number of nitrogens with zero attached hydrogens (tertiary/aromatic N) is 1. The van der Waals surface area contributed by atoms with E-state index in [1.165, 1.54) is 19.5 Å². The molecule has 0 aromatic heterocycles. The lowest BCUT2D eigenvalue weighted by atomic mass is 10.1. The van der Waals surface area contributed by atoms with Gasteiger partial charge in [0.2, 0.25) is 0 Å². The van der Waals surface area contributed by atoms with E-state index in [-0.39, 0.29) is 0 Å². The fraction of sp³-hybridized carbons (Fsp3) is 1.00. The Hall–Kier alpha value is -0.0400. The van der Waals surface area contributed by atoms with Crippen molar-refractivity contribution in [2.45, 2.75) is 13.3 Å². The number of fused-ring (bicyclic) bond motifs is 1. The van der Waals surface area contributed by atoms with Crippen LogP contribution < -0.4 is 0 Å². The van der Waals surface area contributed by atoms with E-state index < -0.39 is 0 Å². The van der Waals surface area contributed by atoms with Gasteiger partial charge in [-0.3, -0.25) is 0 Å². The molecule has 0 amide bonds. The van der Waals surface area contributed by atoms with Crippen molar-refractivity contribution in [2.75, 3.05) is 20.1 Å². The van der Waals surface area contributed by atoms with Crippen molar-refractivity contribution in [2.24, 2.45) is 11.3 Å². The third-order valence-electron chi connectivity index (χ3n) is 2.70. The first-order chi connectivity index (χ1) is 3.71. The lowest BCUT2D eigenvalue weighted by Gasteiger charge is -2.10. The summed E-state index contributed by atoms with van der Waals surface area (Å²) in [4.78, 5) is 2.44. The topological polar surface area (TPSA) is 3.24 Å². The zero-order chi connectivity index (χ0) is 5.78. The van der Waals surface area contributed by atoms with Gasteiger partial charge in [-0.1, -0.05) is 6.92 Å². The summed E-state index contributed by atoms with van der Waals surface area (Å²) in [5, 5.41) is 0. The van der Waals surface area contributed by atoms with Gasteiger partial charge >= 0.3 is 0 Å². The maximum atomic E-state index is 2.44. The van der Waals surface area contributed by atoms with E-state index in [4.69, 9.17) is 0 Å². The Kier molecular flexibility index (Phi) is 0.663. The van der Waals surface area contributed by atoms with Crippen LogP contribution in [0.2, 0.25) is 0 Å². The number of hydrogen-bond acceptors (Lipinski definition) is 1. The summed E-state index contributed by atoms with van der Waals surface area (Å²) in [6.07, 6.45) is 1.50. The van der Waals surface area contributed by atoms with E-state index in [9.17, 15) is 0 Å². The predicted molar refractivity (Wildman–Crippen MR) is 33.7 cm³/mol. The lowest BCUT2D eigenvalue weighted by molar-refractivity contribution is 0.346. The Morgan fingerprint density at radius 1 is 1.62 bits per heavy atom. The van der Waals surface area contributed by atoms with Crippen molar-refractivity contribution in [3.63, 3.8) is 0 Å². The van der Waals surface area contributed by atoms with Crippen LogP contribution in [0.1, 0.15) is 13.3 Å². The molecule has 2 rings (SSSR count). The molecule has 0 aromatic carbocycles. The molecule has 1 heterocycles. The molecular weight excluding hydrogens is 98.1 g/mol. The Labute approximate surface area is 50.7 Å². The monoisotopic (exact) mass is 111 g/mol. The molecule has 0 radical (unpaired) electrons. The molecule has 8 heavy (non-hydrogen) atoms. The van der Waals surface area contributed by atoms with Gasteiger partial charge in [0.15, 0.2) is 0 Å². The predicted octanol–water partition coefficient (Wildman–Crippen LogP) is 0.958. The number of hydrogen-bond donors (Lipinski definition) is 0. The smallest absolute Gasteiger partial charge is 0.00356 e. The third kappa shape index (κ3) is 0.455. The Morgan fingerprint density at radius 3 is 2.62 bits per heavy atom. The van der Waals surface area contributed by atoms with Crippen LogP contribution in [-0.4, -0.2) is 25.0 Å². The van der Waals surface area contributed by atoms with Gasteiger partial charge in [-0.05, 0) is 24.8 Å². The largest absolute Gasteiger partial charge is 0.306 e. The van der Waals surface area contributed by atoms with Crippen molar-refractivity contribution in [1.82, 2.24) is 4.90 Å². The molecule has 0 N–H and O–H groups in total. The van der Waals surface area contributed by atoms with Gasteiger partial charge in [-0.15, -0.1) is 0 Å². The average Bonchev–Trinajstić information content (AvgIpc) is 2.07. The van der Waals surface area contributed by atoms with Gasteiger partial charge in [0.05, 0.1) is 0 Å². The molecule has 2 atom stereocenters. The second-order valence-corrected chi connectivity index (χ2v) is 3.75. The molecule has 2 aliphatic rings. The van der Waals surface area contributed by atoms with Crippen LogP contribution in [-0.2, 0) is 0 Å². The standard InChI is InChI=1S/C7H13N/c1-7-3-6(7)4-8(2)5-7/h6H,3-5H2,1-2H3/t6-,7+/m1/s1. The summed E-state index contributed by atoms with van der Waals surface area (Å²) in [6.45, 7) is 5.11. The molecule has 1 heteroatoms. The average molecular weight is 111 g/mol. The van der Waals surface area contributed by atoms with Crippen molar-refractivity contribution in [3.8, 4) is 0 Å². The third-order valence-corrected chi connectivity index (χ3v) is 2.70. The molecule has 1 nitrogen and oxygen atoms in total. The van der Waals surface area contributed by atoms with E-state index >= 15 is 0 Å². The van der Waals surface area contributed by atoms with Gasteiger partial charge in [-0.25, -0.2) is 0 Å². The summed E-state index contributed by atoms with van der Waals surface area (Å²) in [7, 11) is 2.22. The molecule has 1 aliphatic heterocycles. The first-order valence-corrected chi connectivity index (χ1v) is 3.39. The molecule has 46 valence electrons. The molecule has 0 unspecified atom stereocenters. The first kappa shape index (κ1) is 4.80. The minimum Gasteiger partial charge on any atom is -0.306 e. The van der Waals surface area contributed by atoms with E-state index in [2.05, 4.69) is 18.9 Å². The molecule has 0 bridgehead atoms. The first-order valence-electron chi connectivity index (χ1n) is 3.39. The van der Waals surface area contributed by atoms with E-state index in [1.54, 1.807) is 0 Å². The number of likely N-dealkylation sites (tertiary alicyclic amines) is 1. The zero-order valence-electron chi connectivity index (χ0n) is 5.65. The minimum absolute atomic E-state index is 0.759. The number of rotatable bonds is 0. The fourth-order valence-electron chi connectivity index (χ4n) is 2.04. The van der Waals surface area contributed by atoms with Gasteiger partial charge in [0, 0.05) is 13.1 Å². The molecule has 1 saturated heterocycles. The van der Waals surface area contributed by atoms with E-state index in [0.29, 0.717) is 0 Å². The van der Waals surface area contributed by atoms with Crippen LogP contribution in [0, 0.1) is 11.3 Å². The van der Waals surface area contributed by atoms with Crippen LogP contribution in [0.3, 0.4) is 0 Å². The summed E-state index contributed by atoms with van der Waals surface area (Å²) in [5.74, 6) is 1.06. The highest BCUT2D eigenvalue weighted by molar-refractivity contribution is 5.06. The maximum absolute atomic E-state index is 2.44. The van der Waals surface area contributed by atoms with Gasteiger partial charge < -0.3 is 4.90 Å². The summed E-state index contributed by atoms with van der Waals surface area (Å²) >= 11 is 0. The fourth-order valence-corrected chi connectivity index (χ4v) is 2.04. The second-order valence-electron chi connectivity index (χ2n) is 3.75. The van der Waals surface area contributed by atoms with E-state index in [0.717, 1.165) is 11.3 Å². The zero-order valence-corrected chi connectivity index (χ0v) is 5.65. The summed E-state index contributed by atoms with van der Waals surface area (Å²) in [5.41, 5.74) is 0.759. The Morgan fingerprint density at radius 2 is 2.38 bits per heavy atom. The van der Waals surface area contributed by atoms with Crippen LogP contribution in [0.5, 0.6) is 0 Å². The van der Waals surface area contributed by atoms with Gasteiger partial charge in [-0.2, -0.15) is 0 Å². The van der Waals surface area contributed by atoms with Crippen molar-refractivity contribution >= 4 is 0 Å².